The Balaban J connectivity index is 2.02. The van der Waals surface area contributed by atoms with E-state index in [9.17, 15) is 28.1 Å². The largest absolute Gasteiger partial charge is 0.454 e. The minimum absolute atomic E-state index is 0.0759. The minimum atomic E-state index is -4.70. The van der Waals surface area contributed by atoms with E-state index in [1.165, 1.54) is 36.4 Å². The van der Waals surface area contributed by atoms with Crippen LogP contribution < -0.4 is 10.1 Å². The Labute approximate surface area is 183 Å². The number of nitrogens with zero attached hydrogens (tertiary/aromatic N) is 1. The highest BCUT2D eigenvalue weighted by molar-refractivity contribution is 6.35. The highest BCUT2D eigenvalue weighted by Crippen LogP contribution is 2.39. The molecule has 3 aromatic rings. The van der Waals surface area contributed by atoms with E-state index in [-0.39, 0.29) is 27.8 Å². The van der Waals surface area contributed by atoms with Crippen LogP contribution in [0.1, 0.15) is 15.9 Å². The minimum Gasteiger partial charge on any atom is -0.454 e. The second kappa shape index (κ2) is 8.83. The number of rotatable bonds is 5. The fourth-order valence-corrected chi connectivity index (χ4v) is 3.03. The number of anilines is 1. The number of carbonyl (C=O) groups is 1. The number of hydrogen-bond donors (Lipinski definition) is 1. The molecule has 0 aliphatic rings. The van der Waals surface area contributed by atoms with Gasteiger partial charge in [0, 0.05) is 11.1 Å². The molecule has 0 radical (unpaired) electrons. The maximum Gasteiger partial charge on any atom is 0.416 e. The summed E-state index contributed by atoms with van der Waals surface area (Å²) < 4.78 is 45.1. The zero-order valence-electron chi connectivity index (χ0n) is 15.2. The molecule has 0 bridgehead atoms. The molecule has 160 valence electrons. The van der Waals surface area contributed by atoms with Crippen LogP contribution in [0.4, 0.5) is 24.5 Å². The Morgan fingerprint density at radius 3 is 2.32 bits per heavy atom. The summed E-state index contributed by atoms with van der Waals surface area (Å²) >= 11 is 11.9. The van der Waals surface area contributed by atoms with Crippen molar-refractivity contribution in [1.29, 1.82) is 0 Å². The van der Waals surface area contributed by atoms with Gasteiger partial charge in [-0.25, -0.2) is 0 Å². The third-order valence-corrected chi connectivity index (χ3v) is 4.54. The first-order chi connectivity index (χ1) is 14.6. The van der Waals surface area contributed by atoms with E-state index in [1.54, 1.807) is 0 Å². The van der Waals surface area contributed by atoms with E-state index < -0.39 is 28.3 Å². The van der Waals surface area contributed by atoms with E-state index in [4.69, 9.17) is 27.9 Å². The van der Waals surface area contributed by atoms with Gasteiger partial charge in [0.25, 0.3) is 11.6 Å². The highest BCUT2D eigenvalue weighted by atomic mass is 35.5. The van der Waals surface area contributed by atoms with E-state index in [0.29, 0.717) is 11.1 Å². The van der Waals surface area contributed by atoms with Gasteiger partial charge in [-0.15, -0.1) is 0 Å². The summed E-state index contributed by atoms with van der Waals surface area (Å²) in [6.45, 7) is 0. The quantitative estimate of drug-likeness (QED) is 0.322. The van der Waals surface area contributed by atoms with Crippen molar-refractivity contribution in [3.63, 3.8) is 0 Å². The fraction of sp³-hybridized carbons (Fsp3) is 0.0500. The van der Waals surface area contributed by atoms with E-state index in [1.807, 2.05) is 0 Å². The molecule has 0 saturated heterocycles. The number of carbonyl (C=O) groups excluding carboxylic acids is 1. The van der Waals surface area contributed by atoms with Crippen LogP contribution in [-0.4, -0.2) is 10.8 Å². The predicted octanol–water partition coefficient (Wildman–Crippen LogP) is 6.97. The van der Waals surface area contributed by atoms with Crippen molar-refractivity contribution < 1.29 is 27.6 Å². The van der Waals surface area contributed by atoms with Crippen molar-refractivity contribution in [2.24, 2.45) is 0 Å². The molecule has 0 heterocycles. The topological polar surface area (TPSA) is 81.5 Å². The van der Waals surface area contributed by atoms with Gasteiger partial charge < -0.3 is 10.1 Å². The summed E-state index contributed by atoms with van der Waals surface area (Å²) in [5, 5.41) is 13.8. The number of benzene rings is 3. The third-order valence-electron chi connectivity index (χ3n) is 4.01. The van der Waals surface area contributed by atoms with E-state index >= 15 is 0 Å². The highest BCUT2D eigenvalue weighted by Gasteiger charge is 2.32. The van der Waals surface area contributed by atoms with Gasteiger partial charge in [0.05, 0.1) is 21.2 Å². The van der Waals surface area contributed by atoms with Crippen LogP contribution in [0.3, 0.4) is 0 Å². The van der Waals surface area contributed by atoms with Crippen molar-refractivity contribution in [2.75, 3.05) is 5.32 Å². The molecule has 0 unspecified atom stereocenters. The lowest BCUT2D eigenvalue weighted by atomic mass is 10.1. The molecule has 3 rings (SSSR count). The number of nitro benzene ring substituents is 1. The molecule has 1 amide bonds. The zero-order valence-corrected chi connectivity index (χ0v) is 16.8. The van der Waals surface area contributed by atoms with Gasteiger partial charge >= 0.3 is 6.18 Å². The Bertz CT molecular complexity index is 1170. The van der Waals surface area contributed by atoms with Gasteiger partial charge in [-0.1, -0.05) is 35.3 Å². The van der Waals surface area contributed by atoms with Crippen LogP contribution in [0.5, 0.6) is 11.5 Å². The van der Waals surface area contributed by atoms with E-state index in [0.717, 1.165) is 18.2 Å². The number of nitrogens with one attached hydrogen (secondary N) is 1. The molecule has 0 spiro atoms. The Morgan fingerprint density at radius 2 is 1.68 bits per heavy atom. The maximum atomic E-state index is 13.2. The lowest BCUT2D eigenvalue weighted by Crippen LogP contribution is -2.15. The summed E-state index contributed by atoms with van der Waals surface area (Å²) in [5.41, 5.74) is -2.25. The van der Waals surface area contributed by atoms with Gasteiger partial charge in [0.1, 0.15) is 11.3 Å². The lowest BCUT2D eigenvalue weighted by Gasteiger charge is -2.16. The fourth-order valence-electron chi connectivity index (χ4n) is 2.58. The summed E-state index contributed by atoms with van der Waals surface area (Å²) in [5.74, 6) is -1.07. The Kier molecular flexibility index (Phi) is 6.37. The average molecular weight is 471 g/mol. The van der Waals surface area contributed by atoms with E-state index in [2.05, 4.69) is 5.32 Å². The van der Waals surface area contributed by atoms with Crippen LogP contribution in [0.2, 0.25) is 10.0 Å². The SMILES string of the molecule is O=C(Nc1cc(C(F)(F)F)ccc1Oc1ccc(Cl)cc1Cl)c1ccccc1[N+](=O)[O-]. The van der Waals surface area contributed by atoms with Crippen molar-refractivity contribution in [1.82, 2.24) is 0 Å². The molecular formula is C20H11Cl2F3N2O4. The molecule has 3 aromatic carbocycles. The number of alkyl halides is 3. The van der Waals surface area contributed by atoms with Crippen LogP contribution in [-0.2, 0) is 6.18 Å². The molecule has 0 aliphatic heterocycles. The van der Waals surface area contributed by atoms with Crippen LogP contribution >= 0.6 is 23.2 Å². The number of para-hydroxylation sites is 1. The molecule has 6 nitrogen and oxygen atoms in total. The Hall–Kier alpha value is -3.30. The normalized spacial score (nSPS) is 11.1. The second-order valence-corrected chi connectivity index (χ2v) is 6.96. The van der Waals surface area contributed by atoms with Crippen molar-refractivity contribution >= 4 is 40.5 Å². The van der Waals surface area contributed by atoms with Gasteiger partial charge in [-0.3, -0.25) is 14.9 Å². The summed E-state index contributed by atoms with van der Waals surface area (Å²) in [6.07, 6.45) is -4.70. The maximum absolute atomic E-state index is 13.2. The number of amides is 1. The molecule has 1 N–H and O–H groups in total. The molecule has 11 heteroatoms. The standard InChI is InChI=1S/C20H11Cl2F3N2O4/c21-12-6-8-17(14(22)10-12)31-18-7-5-11(20(23,24)25)9-15(18)26-19(28)13-3-1-2-4-16(13)27(29)30/h1-10H,(H,26,28). The number of halogens is 5. The van der Waals surface area contributed by atoms with Crippen molar-refractivity contribution in [2.45, 2.75) is 6.18 Å². The molecule has 0 fully saturated rings. The number of hydrogen-bond acceptors (Lipinski definition) is 4. The van der Waals surface area contributed by atoms with Gasteiger partial charge in [0.15, 0.2) is 5.75 Å². The third kappa shape index (κ3) is 5.25. The van der Waals surface area contributed by atoms with Gasteiger partial charge in [0.2, 0.25) is 0 Å². The summed E-state index contributed by atoms with van der Waals surface area (Å²) in [6, 6.07) is 11.7. The second-order valence-electron chi connectivity index (χ2n) is 6.11. The van der Waals surface area contributed by atoms with Crippen LogP contribution in [0.25, 0.3) is 0 Å². The molecule has 0 saturated carbocycles. The summed E-state index contributed by atoms with van der Waals surface area (Å²) in [7, 11) is 0. The molecule has 31 heavy (non-hydrogen) atoms. The van der Waals surface area contributed by atoms with Gasteiger partial charge in [-0.2, -0.15) is 13.2 Å². The monoisotopic (exact) mass is 470 g/mol. The molecule has 0 atom stereocenters. The predicted molar refractivity (Wildman–Crippen MR) is 109 cm³/mol. The summed E-state index contributed by atoms with van der Waals surface area (Å²) in [4.78, 5) is 23.0. The first-order valence-corrected chi connectivity index (χ1v) is 9.21. The number of ether oxygens (including phenoxy) is 1. The number of nitro groups is 1. The lowest BCUT2D eigenvalue weighted by molar-refractivity contribution is -0.385. The Morgan fingerprint density at radius 1 is 1.00 bits per heavy atom. The smallest absolute Gasteiger partial charge is 0.416 e. The molecule has 0 aliphatic carbocycles. The van der Waals surface area contributed by atoms with Crippen molar-refractivity contribution in [3.8, 4) is 11.5 Å². The molecular weight excluding hydrogens is 460 g/mol. The first-order valence-electron chi connectivity index (χ1n) is 8.45. The van der Waals surface area contributed by atoms with Gasteiger partial charge in [-0.05, 0) is 42.5 Å². The van der Waals surface area contributed by atoms with Crippen LogP contribution in [0.15, 0.2) is 60.7 Å². The first kappa shape index (κ1) is 22.4. The zero-order chi connectivity index (χ0) is 22.8. The molecule has 0 aromatic heterocycles. The van der Waals surface area contributed by atoms with Crippen LogP contribution in [0, 0.1) is 10.1 Å². The van der Waals surface area contributed by atoms with Crippen molar-refractivity contribution in [3.05, 3.63) is 92.0 Å². The average Bonchev–Trinajstić information content (AvgIpc) is 2.70.